The number of hydrogen-bond acceptors (Lipinski definition) is 6. The molecule has 186 valence electrons. The quantitative estimate of drug-likeness (QED) is 0.450. The number of unbranched alkanes of at least 4 members (excludes halogenated alkanes) is 1. The molecule has 0 aliphatic rings. The summed E-state index contributed by atoms with van der Waals surface area (Å²) in [5.74, 6) is -0.450. The van der Waals surface area contributed by atoms with Crippen LogP contribution in [0.15, 0.2) is 56.7 Å². The first-order chi connectivity index (χ1) is 16.5. The molecule has 0 atom stereocenters. The number of nitrogen functional groups attached to an aromatic ring is 1. The lowest BCUT2D eigenvalue weighted by molar-refractivity contribution is -0.123. The van der Waals surface area contributed by atoms with E-state index < -0.39 is 22.6 Å². The summed E-state index contributed by atoms with van der Waals surface area (Å²) in [6.07, 6.45) is 2.93. The highest BCUT2D eigenvalue weighted by Crippen LogP contribution is 2.24. The monoisotopic (exact) mass is 481 g/mol. The van der Waals surface area contributed by atoms with Gasteiger partial charge < -0.3 is 15.5 Å². The van der Waals surface area contributed by atoms with Crippen molar-refractivity contribution < 1.29 is 14.0 Å². The highest BCUT2D eigenvalue weighted by atomic mass is 16.3. The average molecular weight is 482 g/mol. The Morgan fingerprint density at radius 3 is 2.54 bits per heavy atom. The molecule has 2 heterocycles. The van der Waals surface area contributed by atoms with Crippen LogP contribution in [0, 0.1) is 5.41 Å². The largest absolute Gasteiger partial charge is 0.467 e. The first-order valence-corrected chi connectivity index (χ1v) is 11.4. The molecule has 35 heavy (non-hydrogen) atoms. The van der Waals surface area contributed by atoms with Crippen molar-refractivity contribution in [2.75, 3.05) is 16.0 Å². The number of furan rings is 1. The number of carbonyl (C=O) groups is 2. The molecule has 0 saturated heterocycles. The van der Waals surface area contributed by atoms with Crippen LogP contribution in [0.3, 0.4) is 0 Å². The van der Waals surface area contributed by atoms with E-state index in [9.17, 15) is 19.2 Å². The molecule has 2 amide bonds. The lowest BCUT2D eigenvalue weighted by atomic mass is 9.95. The lowest BCUT2D eigenvalue weighted by Crippen LogP contribution is -2.41. The zero-order valence-corrected chi connectivity index (χ0v) is 20.4. The van der Waals surface area contributed by atoms with Gasteiger partial charge in [0.1, 0.15) is 11.6 Å². The van der Waals surface area contributed by atoms with E-state index in [2.05, 4.69) is 10.3 Å². The molecule has 0 radical (unpaired) electrons. The van der Waals surface area contributed by atoms with Crippen molar-refractivity contribution in [1.29, 1.82) is 0 Å². The van der Waals surface area contributed by atoms with Gasteiger partial charge in [-0.05, 0) is 36.8 Å². The highest BCUT2D eigenvalue weighted by Gasteiger charge is 2.27. The van der Waals surface area contributed by atoms with Crippen LogP contribution in [0.1, 0.15) is 56.7 Å². The topological polar surface area (TPSA) is 143 Å². The maximum absolute atomic E-state index is 13.7. The molecule has 0 aliphatic heterocycles. The molecular formula is C25H31N5O5. The van der Waals surface area contributed by atoms with Gasteiger partial charge in [-0.15, -0.1) is 0 Å². The SMILES string of the molecule is CCCCn1c(N)c(N(Cc2ccco2)C(=O)c2cccc(NC(=O)C(C)(C)C)c2)c(=O)[nH]c1=O. The van der Waals surface area contributed by atoms with Crippen molar-refractivity contribution in [2.45, 2.75) is 53.6 Å². The Morgan fingerprint density at radius 1 is 1.17 bits per heavy atom. The van der Waals surface area contributed by atoms with Crippen LogP contribution in [-0.4, -0.2) is 21.4 Å². The maximum Gasteiger partial charge on any atom is 0.330 e. The number of nitrogens with zero attached hydrogens (tertiary/aromatic N) is 2. The number of carbonyl (C=O) groups excluding carboxylic acids is 2. The molecule has 0 bridgehead atoms. The Morgan fingerprint density at radius 2 is 1.91 bits per heavy atom. The van der Waals surface area contributed by atoms with Gasteiger partial charge in [0, 0.05) is 23.2 Å². The fourth-order valence-electron chi connectivity index (χ4n) is 3.39. The molecule has 0 aliphatic carbocycles. The van der Waals surface area contributed by atoms with E-state index in [1.165, 1.54) is 21.8 Å². The molecule has 0 unspecified atom stereocenters. The van der Waals surface area contributed by atoms with Crippen LogP contribution in [0.5, 0.6) is 0 Å². The molecule has 4 N–H and O–H groups in total. The number of amides is 2. The lowest BCUT2D eigenvalue weighted by Gasteiger charge is -2.24. The van der Waals surface area contributed by atoms with Crippen molar-refractivity contribution in [2.24, 2.45) is 5.41 Å². The van der Waals surface area contributed by atoms with Crippen LogP contribution in [-0.2, 0) is 17.9 Å². The maximum atomic E-state index is 13.7. The number of benzene rings is 1. The number of rotatable bonds is 8. The Bertz CT molecular complexity index is 1320. The second kappa shape index (κ2) is 10.5. The van der Waals surface area contributed by atoms with Gasteiger partial charge in [-0.3, -0.25) is 28.8 Å². The van der Waals surface area contributed by atoms with Crippen molar-refractivity contribution in [3.05, 3.63) is 74.8 Å². The third kappa shape index (κ3) is 5.89. The summed E-state index contributed by atoms with van der Waals surface area (Å²) in [5, 5.41) is 2.80. The molecule has 10 heteroatoms. The van der Waals surface area contributed by atoms with E-state index in [1.54, 1.807) is 51.1 Å². The molecule has 10 nitrogen and oxygen atoms in total. The van der Waals surface area contributed by atoms with Crippen molar-refractivity contribution in [1.82, 2.24) is 9.55 Å². The number of hydrogen-bond donors (Lipinski definition) is 3. The predicted octanol–water partition coefficient (Wildman–Crippen LogP) is 3.34. The van der Waals surface area contributed by atoms with Gasteiger partial charge in [0.15, 0.2) is 5.69 Å². The van der Waals surface area contributed by atoms with Crippen molar-refractivity contribution in [3.63, 3.8) is 0 Å². The standard InChI is InChI=1S/C25H31N5O5/c1-5-6-12-29-20(26)19(21(31)28-24(29)34)30(15-18-11-8-13-35-18)22(32)16-9-7-10-17(14-16)27-23(33)25(2,3)4/h7-11,13-14H,5-6,12,15,26H2,1-4H3,(H,27,33)(H,28,31,34). The number of H-pyrrole nitrogens is 1. The van der Waals surface area contributed by atoms with E-state index in [1.807, 2.05) is 6.92 Å². The van der Waals surface area contributed by atoms with Gasteiger partial charge in [0.2, 0.25) is 5.91 Å². The zero-order chi connectivity index (χ0) is 25.8. The molecule has 3 rings (SSSR count). The number of nitrogens with two attached hydrogens (primary N) is 1. The average Bonchev–Trinajstić information content (AvgIpc) is 3.30. The molecule has 0 saturated carbocycles. The highest BCUT2D eigenvalue weighted by molar-refractivity contribution is 6.08. The Hall–Kier alpha value is -4.08. The smallest absolute Gasteiger partial charge is 0.330 e. The number of aromatic amines is 1. The second-order valence-electron chi connectivity index (χ2n) is 9.25. The van der Waals surface area contributed by atoms with E-state index in [0.29, 0.717) is 24.4 Å². The van der Waals surface area contributed by atoms with Gasteiger partial charge in [0.05, 0.1) is 12.8 Å². The number of aromatic nitrogens is 2. The van der Waals surface area contributed by atoms with Gasteiger partial charge in [-0.2, -0.15) is 0 Å². The molecule has 0 spiro atoms. The normalized spacial score (nSPS) is 11.3. The van der Waals surface area contributed by atoms with Crippen LogP contribution in [0.25, 0.3) is 0 Å². The van der Waals surface area contributed by atoms with Crippen LogP contribution in [0.4, 0.5) is 17.2 Å². The summed E-state index contributed by atoms with van der Waals surface area (Å²) >= 11 is 0. The Labute approximate surface area is 202 Å². The van der Waals surface area contributed by atoms with E-state index in [-0.39, 0.29) is 29.5 Å². The molecule has 0 fully saturated rings. The van der Waals surface area contributed by atoms with Gasteiger partial charge >= 0.3 is 5.69 Å². The minimum atomic E-state index is -0.780. The van der Waals surface area contributed by atoms with Crippen LogP contribution < -0.4 is 27.2 Å². The first-order valence-electron chi connectivity index (χ1n) is 11.4. The molecule has 3 aromatic rings. The predicted molar refractivity (Wildman–Crippen MR) is 134 cm³/mol. The minimum absolute atomic E-state index is 0.0936. The van der Waals surface area contributed by atoms with Crippen LogP contribution in [0.2, 0.25) is 0 Å². The summed E-state index contributed by atoms with van der Waals surface area (Å²) < 4.78 is 6.66. The second-order valence-corrected chi connectivity index (χ2v) is 9.25. The van der Waals surface area contributed by atoms with E-state index >= 15 is 0 Å². The zero-order valence-electron chi connectivity index (χ0n) is 20.4. The minimum Gasteiger partial charge on any atom is -0.467 e. The van der Waals surface area contributed by atoms with Crippen molar-refractivity contribution >= 4 is 29.0 Å². The fraction of sp³-hybridized carbons (Fsp3) is 0.360. The molecular weight excluding hydrogens is 450 g/mol. The summed E-state index contributed by atoms with van der Waals surface area (Å²) in [6.45, 7) is 7.51. The number of nitrogens with one attached hydrogen (secondary N) is 2. The van der Waals surface area contributed by atoms with Crippen LogP contribution >= 0.6 is 0 Å². The van der Waals surface area contributed by atoms with Crippen molar-refractivity contribution in [3.8, 4) is 0 Å². The van der Waals surface area contributed by atoms with Gasteiger partial charge in [-0.25, -0.2) is 4.79 Å². The Balaban J connectivity index is 2.08. The molecule has 2 aromatic heterocycles. The van der Waals surface area contributed by atoms with E-state index in [0.717, 1.165) is 6.42 Å². The summed E-state index contributed by atoms with van der Waals surface area (Å²) in [4.78, 5) is 54.8. The van der Waals surface area contributed by atoms with E-state index in [4.69, 9.17) is 10.2 Å². The first kappa shape index (κ1) is 25.5. The third-order valence-corrected chi connectivity index (χ3v) is 5.41. The van der Waals surface area contributed by atoms with Gasteiger partial charge in [-0.1, -0.05) is 40.2 Å². The molecule has 1 aromatic carbocycles. The fourth-order valence-corrected chi connectivity index (χ4v) is 3.39. The van der Waals surface area contributed by atoms with Gasteiger partial charge in [0.25, 0.3) is 11.5 Å². The summed E-state index contributed by atoms with van der Waals surface area (Å²) in [7, 11) is 0. The third-order valence-electron chi connectivity index (χ3n) is 5.41. The summed E-state index contributed by atoms with van der Waals surface area (Å²) in [5.41, 5.74) is 4.74. The number of anilines is 3. The summed E-state index contributed by atoms with van der Waals surface area (Å²) in [6, 6.07) is 9.73. The Kier molecular flexibility index (Phi) is 7.63.